The van der Waals surface area contributed by atoms with Crippen molar-refractivity contribution in [3.05, 3.63) is 0 Å². The summed E-state index contributed by atoms with van der Waals surface area (Å²) in [7, 11) is 0. The quantitative estimate of drug-likeness (QED) is 0.709. The van der Waals surface area contributed by atoms with Crippen molar-refractivity contribution in [1.29, 1.82) is 0 Å². The van der Waals surface area contributed by atoms with Crippen LogP contribution in [0.4, 0.5) is 0 Å². The van der Waals surface area contributed by atoms with E-state index in [0.717, 1.165) is 31.7 Å². The van der Waals surface area contributed by atoms with Crippen LogP contribution in [0.25, 0.3) is 0 Å². The number of nitrogens with two attached hydrogens (primary N) is 1. The summed E-state index contributed by atoms with van der Waals surface area (Å²) < 4.78 is 5.39. The standard InChI is InChI=1S/C11H22N2O/c1-8-3-9(2)13(4-8)5-10-6-14-7-11(10)12/h8-11H,3-7,12H2,1-2H3. The minimum atomic E-state index is 0.262. The molecule has 3 heteroatoms. The van der Waals surface area contributed by atoms with Gasteiger partial charge in [0.05, 0.1) is 13.2 Å². The topological polar surface area (TPSA) is 38.5 Å². The molecule has 0 aromatic rings. The summed E-state index contributed by atoms with van der Waals surface area (Å²) in [6, 6.07) is 0.996. The highest BCUT2D eigenvalue weighted by atomic mass is 16.5. The summed E-state index contributed by atoms with van der Waals surface area (Å²) in [6.45, 7) is 8.64. The second-order valence-electron chi connectivity index (χ2n) is 5.11. The highest BCUT2D eigenvalue weighted by Gasteiger charge is 2.32. The van der Waals surface area contributed by atoms with Gasteiger partial charge in [0, 0.05) is 31.1 Å². The molecule has 4 unspecified atom stereocenters. The molecule has 0 spiro atoms. The molecular formula is C11H22N2O. The van der Waals surface area contributed by atoms with E-state index < -0.39 is 0 Å². The van der Waals surface area contributed by atoms with Crippen LogP contribution in [-0.2, 0) is 4.74 Å². The second-order valence-corrected chi connectivity index (χ2v) is 5.11. The van der Waals surface area contributed by atoms with Gasteiger partial charge < -0.3 is 10.5 Å². The fourth-order valence-electron chi connectivity index (χ4n) is 2.75. The number of nitrogens with zero attached hydrogens (tertiary/aromatic N) is 1. The summed E-state index contributed by atoms with van der Waals surface area (Å²) in [5, 5.41) is 0. The average molecular weight is 198 g/mol. The Hall–Kier alpha value is -0.120. The normalized spacial score (nSPS) is 44.8. The van der Waals surface area contributed by atoms with Gasteiger partial charge >= 0.3 is 0 Å². The van der Waals surface area contributed by atoms with Crippen molar-refractivity contribution in [2.45, 2.75) is 32.4 Å². The van der Waals surface area contributed by atoms with Gasteiger partial charge in [-0.1, -0.05) is 6.92 Å². The Morgan fingerprint density at radius 1 is 1.36 bits per heavy atom. The van der Waals surface area contributed by atoms with Crippen LogP contribution in [0.1, 0.15) is 20.3 Å². The zero-order valence-corrected chi connectivity index (χ0v) is 9.28. The minimum Gasteiger partial charge on any atom is -0.379 e. The van der Waals surface area contributed by atoms with E-state index in [9.17, 15) is 0 Å². The van der Waals surface area contributed by atoms with E-state index in [1.165, 1.54) is 13.0 Å². The molecule has 2 N–H and O–H groups in total. The molecule has 3 nitrogen and oxygen atoms in total. The lowest BCUT2D eigenvalue weighted by Gasteiger charge is -2.25. The molecule has 2 saturated heterocycles. The monoisotopic (exact) mass is 198 g/mol. The smallest absolute Gasteiger partial charge is 0.0621 e. The third-order valence-electron chi connectivity index (χ3n) is 3.63. The fourth-order valence-corrected chi connectivity index (χ4v) is 2.75. The summed E-state index contributed by atoms with van der Waals surface area (Å²) in [5.74, 6) is 1.41. The maximum atomic E-state index is 5.99. The van der Waals surface area contributed by atoms with Gasteiger partial charge in [0.2, 0.25) is 0 Å². The van der Waals surface area contributed by atoms with Crippen molar-refractivity contribution >= 4 is 0 Å². The number of likely N-dealkylation sites (tertiary alicyclic amines) is 1. The number of hydrogen-bond donors (Lipinski definition) is 1. The number of rotatable bonds is 2. The van der Waals surface area contributed by atoms with Crippen LogP contribution in [0.3, 0.4) is 0 Å². The molecule has 0 saturated carbocycles. The van der Waals surface area contributed by atoms with E-state index in [1.54, 1.807) is 0 Å². The first kappa shape index (κ1) is 10.4. The first-order valence-corrected chi connectivity index (χ1v) is 5.74. The summed E-state index contributed by atoms with van der Waals surface area (Å²) in [5.41, 5.74) is 5.99. The highest BCUT2D eigenvalue weighted by Crippen LogP contribution is 2.24. The minimum absolute atomic E-state index is 0.262. The molecule has 0 aromatic heterocycles. The van der Waals surface area contributed by atoms with Gasteiger partial charge in [-0.05, 0) is 19.3 Å². The molecule has 0 radical (unpaired) electrons. The Morgan fingerprint density at radius 3 is 2.64 bits per heavy atom. The lowest BCUT2D eigenvalue weighted by molar-refractivity contribution is 0.164. The maximum Gasteiger partial charge on any atom is 0.0621 e. The van der Waals surface area contributed by atoms with Crippen molar-refractivity contribution in [2.24, 2.45) is 17.6 Å². The van der Waals surface area contributed by atoms with Crippen molar-refractivity contribution in [3.63, 3.8) is 0 Å². The molecule has 82 valence electrons. The molecule has 0 bridgehead atoms. The van der Waals surface area contributed by atoms with E-state index in [-0.39, 0.29) is 6.04 Å². The van der Waals surface area contributed by atoms with Crippen LogP contribution in [0, 0.1) is 11.8 Å². The molecule has 2 fully saturated rings. The molecule has 0 aliphatic carbocycles. The van der Waals surface area contributed by atoms with Crippen LogP contribution in [0.5, 0.6) is 0 Å². The Balaban J connectivity index is 1.85. The second kappa shape index (κ2) is 4.17. The van der Waals surface area contributed by atoms with Gasteiger partial charge in [0.25, 0.3) is 0 Å². The third kappa shape index (κ3) is 2.10. The lowest BCUT2D eigenvalue weighted by atomic mass is 10.0. The zero-order chi connectivity index (χ0) is 10.1. The number of ether oxygens (including phenoxy) is 1. The van der Waals surface area contributed by atoms with Crippen LogP contribution in [0.15, 0.2) is 0 Å². The van der Waals surface area contributed by atoms with Gasteiger partial charge in [0.1, 0.15) is 0 Å². The molecule has 2 rings (SSSR count). The molecule has 0 amide bonds. The first-order chi connectivity index (χ1) is 6.66. The van der Waals surface area contributed by atoms with Gasteiger partial charge in [-0.2, -0.15) is 0 Å². The lowest BCUT2D eigenvalue weighted by Crippen LogP contribution is -2.39. The van der Waals surface area contributed by atoms with Gasteiger partial charge in [-0.25, -0.2) is 0 Å². The van der Waals surface area contributed by atoms with Gasteiger partial charge in [-0.15, -0.1) is 0 Å². The first-order valence-electron chi connectivity index (χ1n) is 5.74. The summed E-state index contributed by atoms with van der Waals surface area (Å²) in [4.78, 5) is 2.57. The largest absolute Gasteiger partial charge is 0.379 e. The molecule has 0 aromatic carbocycles. The van der Waals surface area contributed by atoms with Crippen molar-refractivity contribution < 1.29 is 4.74 Å². The van der Waals surface area contributed by atoms with Crippen LogP contribution in [0.2, 0.25) is 0 Å². The summed E-state index contributed by atoms with van der Waals surface area (Å²) >= 11 is 0. The van der Waals surface area contributed by atoms with E-state index >= 15 is 0 Å². The fraction of sp³-hybridized carbons (Fsp3) is 1.00. The third-order valence-corrected chi connectivity index (χ3v) is 3.63. The van der Waals surface area contributed by atoms with Crippen LogP contribution >= 0.6 is 0 Å². The van der Waals surface area contributed by atoms with Crippen LogP contribution in [-0.4, -0.2) is 43.3 Å². The molecule has 2 aliphatic heterocycles. The Bertz CT molecular complexity index is 198. The highest BCUT2D eigenvalue weighted by molar-refractivity contribution is 4.86. The van der Waals surface area contributed by atoms with E-state index in [0.29, 0.717) is 5.92 Å². The van der Waals surface area contributed by atoms with Gasteiger partial charge in [0.15, 0.2) is 0 Å². The molecule has 4 atom stereocenters. The van der Waals surface area contributed by atoms with Crippen molar-refractivity contribution in [1.82, 2.24) is 4.90 Å². The Labute approximate surface area is 86.6 Å². The van der Waals surface area contributed by atoms with E-state index in [2.05, 4.69) is 18.7 Å². The van der Waals surface area contributed by atoms with E-state index in [1.807, 2.05) is 0 Å². The Morgan fingerprint density at radius 2 is 2.14 bits per heavy atom. The maximum absolute atomic E-state index is 5.99. The predicted molar refractivity (Wildman–Crippen MR) is 57.1 cm³/mol. The van der Waals surface area contributed by atoms with Crippen LogP contribution < -0.4 is 5.73 Å². The average Bonchev–Trinajstić information content (AvgIpc) is 2.62. The van der Waals surface area contributed by atoms with E-state index in [4.69, 9.17) is 10.5 Å². The zero-order valence-electron chi connectivity index (χ0n) is 9.28. The predicted octanol–water partition coefficient (Wildman–Crippen LogP) is 0.690. The molecule has 2 heterocycles. The Kier molecular flexibility index (Phi) is 3.10. The number of hydrogen-bond acceptors (Lipinski definition) is 3. The summed E-state index contributed by atoms with van der Waals surface area (Å²) in [6.07, 6.45) is 1.34. The molecular weight excluding hydrogens is 176 g/mol. The van der Waals surface area contributed by atoms with Crippen molar-refractivity contribution in [2.75, 3.05) is 26.3 Å². The molecule has 2 aliphatic rings. The SMILES string of the molecule is CC1CC(C)N(CC2COCC2N)C1. The van der Waals surface area contributed by atoms with Crippen molar-refractivity contribution in [3.8, 4) is 0 Å². The van der Waals surface area contributed by atoms with Gasteiger partial charge in [-0.3, -0.25) is 4.90 Å². The molecule has 14 heavy (non-hydrogen) atoms.